The molecule has 0 aliphatic heterocycles. The molecule has 0 aliphatic rings. The smallest absolute Gasteiger partial charge is 0.246 e. The molecule has 2 aromatic rings. The van der Waals surface area contributed by atoms with E-state index in [4.69, 9.17) is 4.74 Å². The molecular formula is C17H24N4O4S3. The highest BCUT2D eigenvalue weighted by Crippen LogP contribution is 2.29. The van der Waals surface area contributed by atoms with Gasteiger partial charge in [-0.15, -0.1) is 10.2 Å². The van der Waals surface area contributed by atoms with E-state index in [1.165, 1.54) is 11.3 Å². The number of amides is 1. The summed E-state index contributed by atoms with van der Waals surface area (Å²) in [6.45, 7) is 7.44. The Morgan fingerprint density at radius 2 is 2.00 bits per heavy atom. The number of carbonyl (C=O) groups excluding carboxylic acids is 1. The minimum Gasteiger partial charge on any atom is -0.491 e. The topological polar surface area (TPSA) is 101 Å². The Hall–Kier alpha value is -1.85. The van der Waals surface area contributed by atoms with Crippen LogP contribution in [-0.2, 0) is 14.8 Å². The third-order valence-electron chi connectivity index (χ3n) is 3.15. The van der Waals surface area contributed by atoms with E-state index >= 15 is 0 Å². The Bertz CT molecular complexity index is 913. The van der Waals surface area contributed by atoms with Gasteiger partial charge in [-0.25, -0.2) is 8.42 Å². The molecule has 11 heteroatoms. The second-order valence-corrected chi connectivity index (χ2v) is 11.2. The molecule has 154 valence electrons. The van der Waals surface area contributed by atoms with Gasteiger partial charge in [0.2, 0.25) is 21.1 Å². The van der Waals surface area contributed by atoms with Crippen LogP contribution in [0.5, 0.6) is 5.75 Å². The Labute approximate surface area is 173 Å². The van der Waals surface area contributed by atoms with Crippen molar-refractivity contribution in [1.29, 1.82) is 0 Å². The van der Waals surface area contributed by atoms with Gasteiger partial charge in [0, 0.05) is 11.3 Å². The number of thioether (sulfide) groups is 1. The predicted molar refractivity (Wildman–Crippen MR) is 114 cm³/mol. The van der Waals surface area contributed by atoms with Gasteiger partial charge in [0.1, 0.15) is 12.3 Å². The molecule has 1 aromatic carbocycles. The number of nitrogens with one attached hydrogen (secondary N) is 1. The van der Waals surface area contributed by atoms with E-state index < -0.39 is 15.9 Å². The van der Waals surface area contributed by atoms with Crippen LogP contribution >= 0.6 is 23.1 Å². The molecule has 0 saturated heterocycles. The van der Waals surface area contributed by atoms with E-state index in [-0.39, 0.29) is 12.6 Å². The predicted octanol–water partition coefficient (Wildman–Crippen LogP) is 3.23. The molecule has 0 radical (unpaired) electrons. The van der Waals surface area contributed by atoms with E-state index in [0.29, 0.717) is 21.8 Å². The van der Waals surface area contributed by atoms with Crippen LogP contribution in [0.1, 0.15) is 27.7 Å². The number of ether oxygens (including phenoxy) is 1. The maximum atomic E-state index is 12.4. The van der Waals surface area contributed by atoms with Crippen molar-refractivity contribution in [2.75, 3.05) is 22.4 Å². The van der Waals surface area contributed by atoms with Gasteiger partial charge in [0.25, 0.3) is 0 Å². The van der Waals surface area contributed by atoms with Crippen molar-refractivity contribution < 1.29 is 17.9 Å². The minimum atomic E-state index is -3.68. The normalized spacial score (nSPS) is 11.7. The van der Waals surface area contributed by atoms with Crippen LogP contribution < -0.4 is 14.4 Å². The average molecular weight is 445 g/mol. The molecule has 0 fully saturated rings. The molecular weight excluding hydrogens is 420 g/mol. The largest absolute Gasteiger partial charge is 0.491 e. The summed E-state index contributed by atoms with van der Waals surface area (Å²) >= 11 is 2.79. The lowest BCUT2D eigenvalue weighted by Gasteiger charge is -2.22. The zero-order valence-corrected chi connectivity index (χ0v) is 18.8. The SMILES string of the molecule is CC(C)Oc1cccc(N(CC(=O)Nc2nnc(SC(C)C)s2)S(C)(=O)=O)c1. The first-order chi connectivity index (χ1) is 13.0. The lowest BCUT2D eigenvalue weighted by Crippen LogP contribution is -2.37. The minimum absolute atomic E-state index is 0.0551. The summed E-state index contributed by atoms with van der Waals surface area (Å²) in [5, 5.41) is 11.2. The number of carbonyl (C=O) groups is 1. The zero-order valence-electron chi connectivity index (χ0n) is 16.4. The third kappa shape index (κ3) is 6.95. The second-order valence-electron chi connectivity index (χ2n) is 6.52. The van der Waals surface area contributed by atoms with Gasteiger partial charge in [-0.3, -0.25) is 14.4 Å². The second kappa shape index (κ2) is 9.57. The number of benzene rings is 1. The molecule has 1 aromatic heterocycles. The van der Waals surface area contributed by atoms with E-state index in [9.17, 15) is 13.2 Å². The summed E-state index contributed by atoms with van der Waals surface area (Å²) in [6.07, 6.45) is 0.999. The van der Waals surface area contributed by atoms with Crippen molar-refractivity contribution in [3.05, 3.63) is 24.3 Å². The number of aromatic nitrogens is 2. The van der Waals surface area contributed by atoms with E-state index in [1.807, 2.05) is 27.7 Å². The van der Waals surface area contributed by atoms with Crippen molar-refractivity contribution in [2.45, 2.75) is 43.4 Å². The molecule has 0 aliphatic carbocycles. The highest BCUT2D eigenvalue weighted by Gasteiger charge is 2.22. The highest BCUT2D eigenvalue weighted by molar-refractivity contribution is 8.01. The number of hydrogen-bond acceptors (Lipinski definition) is 8. The fraction of sp³-hybridized carbons (Fsp3) is 0.471. The number of anilines is 2. The maximum Gasteiger partial charge on any atom is 0.246 e. The molecule has 1 heterocycles. The first-order valence-corrected chi connectivity index (χ1v) is 12.1. The van der Waals surface area contributed by atoms with E-state index in [2.05, 4.69) is 15.5 Å². The summed E-state index contributed by atoms with van der Waals surface area (Å²) < 4.78 is 31.9. The fourth-order valence-electron chi connectivity index (χ4n) is 2.18. The molecule has 0 spiro atoms. The molecule has 0 saturated carbocycles. The molecule has 1 amide bonds. The summed E-state index contributed by atoms with van der Waals surface area (Å²) in [5.41, 5.74) is 0.351. The van der Waals surface area contributed by atoms with E-state index in [1.54, 1.807) is 36.0 Å². The third-order valence-corrected chi connectivity index (χ3v) is 6.22. The first-order valence-electron chi connectivity index (χ1n) is 8.59. The molecule has 0 unspecified atom stereocenters. The first kappa shape index (κ1) is 22.4. The van der Waals surface area contributed by atoms with Gasteiger partial charge in [-0.1, -0.05) is 43.0 Å². The Balaban J connectivity index is 2.14. The van der Waals surface area contributed by atoms with Crippen LogP contribution in [0.3, 0.4) is 0 Å². The number of rotatable bonds is 9. The Kier molecular flexibility index (Phi) is 7.67. The van der Waals surface area contributed by atoms with Gasteiger partial charge in [0.15, 0.2) is 4.34 Å². The molecule has 0 bridgehead atoms. The van der Waals surface area contributed by atoms with Crippen LogP contribution in [-0.4, -0.2) is 48.7 Å². The van der Waals surface area contributed by atoms with Gasteiger partial charge >= 0.3 is 0 Å². The van der Waals surface area contributed by atoms with Crippen LogP contribution in [0.4, 0.5) is 10.8 Å². The van der Waals surface area contributed by atoms with Crippen LogP contribution in [0, 0.1) is 0 Å². The lowest BCUT2D eigenvalue weighted by molar-refractivity contribution is -0.114. The van der Waals surface area contributed by atoms with Crippen LogP contribution in [0.2, 0.25) is 0 Å². The molecule has 1 N–H and O–H groups in total. The highest BCUT2D eigenvalue weighted by atomic mass is 32.2. The van der Waals surface area contributed by atoms with Crippen molar-refractivity contribution in [3.63, 3.8) is 0 Å². The van der Waals surface area contributed by atoms with Gasteiger partial charge in [-0.2, -0.15) is 0 Å². The molecule has 2 rings (SSSR count). The summed E-state index contributed by atoms with van der Waals surface area (Å²) in [5.74, 6) is 0.0267. The number of hydrogen-bond donors (Lipinski definition) is 1. The standard InChI is InChI=1S/C17H24N4O4S3/c1-11(2)25-14-8-6-7-13(9-14)21(28(5,23)24)10-15(22)18-16-19-20-17(27-16)26-12(3)4/h6-9,11-12H,10H2,1-5H3,(H,18,19,22). The Morgan fingerprint density at radius 1 is 1.29 bits per heavy atom. The summed E-state index contributed by atoms with van der Waals surface area (Å²) in [4.78, 5) is 12.4. The summed E-state index contributed by atoms with van der Waals surface area (Å²) in [7, 11) is -3.68. The average Bonchev–Trinajstić information content (AvgIpc) is 2.97. The van der Waals surface area contributed by atoms with Crippen molar-refractivity contribution in [3.8, 4) is 5.75 Å². The Morgan fingerprint density at radius 3 is 2.61 bits per heavy atom. The molecule has 28 heavy (non-hydrogen) atoms. The van der Waals surface area contributed by atoms with Crippen molar-refractivity contribution in [2.24, 2.45) is 0 Å². The van der Waals surface area contributed by atoms with Crippen LogP contribution in [0.15, 0.2) is 28.6 Å². The lowest BCUT2D eigenvalue weighted by atomic mass is 10.3. The monoisotopic (exact) mass is 444 g/mol. The fourth-order valence-corrected chi connectivity index (χ4v) is 5.02. The summed E-state index contributed by atoms with van der Waals surface area (Å²) in [6, 6.07) is 6.63. The van der Waals surface area contributed by atoms with Crippen molar-refractivity contribution in [1.82, 2.24) is 10.2 Å². The number of sulfonamides is 1. The zero-order chi connectivity index (χ0) is 20.9. The van der Waals surface area contributed by atoms with Gasteiger partial charge in [0.05, 0.1) is 18.0 Å². The van der Waals surface area contributed by atoms with Gasteiger partial charge in [-0.05, 0) is 26.0 Å². The van der Waals surface area contributed by atoms with E-state index in [0.717, 1.165) is 14.9 Å². The maximum absolute atomic E-state index is 12.4. The molecule has 8 nitrogen and oxygen atoms in total. The number of nitrogens with zero attached hydrogens (tertiary/aromatic N) is 3. The van der Waals surface area contributed by atoms with Crippen LogP contribution in [0.25, 0.3) is 0 Å². The van der Waals surface area contributed by atoms with Crippen molar-refractivity contribution >= 4 is 49.8 Å². The quantitative estimate of drug-likeness (QED) is 0.468. The van der Waals surface area contributed by atoms with Gasteiger partial charge < -0.3 is 4.74 Å². The molecule has 0 atom stereocenters.